The minimum atomic E-state index is 0.0328. The third-order valence-electron chi connectivity index (χ3n) is 4.33. The van der Waals surface area contributed by atoms with E-state index in [-0.39, 0.29) is 5.78 Å². The highest BCUT2D eigenvalue weighted by Crippen LogP contribution is 2.38. The van der Waals surface area contributed by atoms with E-state index >= 15 is 0 Å². The topological polar surface area (TPSA) is 30.0 Å². The van der Waals surface area contributed by atoms with Gasteiger partial charge in [0.2, 0.25) is 0 Å². The fourth-order valence-corrected chi connectivity index (χ4v) is 3.47. The van der Waals surface area contributed by atoms with E-state index in [2.05, 4.69) is 31.0 Å². The van der Waals surface area contributed by atoms with Crippen LogP contribution in [0.5, 0.6) is 0 Å². The van der Waals surface area contributed by atoms with Gasteiger partial charge >= 0.3 is 0 Å². The van der Waals surface area contributed by atoms with Crippen molar-refractivity contribution in [2.24, 2.45) is 0 Å². The van der Waals surface area contributed by atoms with Crippen LogP contribution in [0.15, 0.2) is 42.5 Å². The Bertz CT molecular complexity index is 944. The van der Waals surface area contributed by atoms with Crippen LogP contribution in [0.1, 0.15) is 48.3 Å². The molecular formula is C21H20ClNO. The molecule has 0 saturated carbocycles. The molecule has 0 radical (unpaired) electrons. The first-order valence-electron chi connectivity index (χ1n) is 8.10. The number of hydrogen-bond acceptors (Lipinski definition) is 2. The molecule has 0 aliphatic rings. The lowest BCUT2D eigenvalue weighted by atomic mass is 9.86. The van der Waals surface area contributed by atoms with Crippen molar-refractivity contribution in [3.05, 3.63) is 64.3 Å². The third kappa shape index (κ3) is 2.83. The van der Waals surface area contributed by atoms with E-state index in [9.17, 15) is 4.79 Å². The fourth-order valence-electron chi connectivity index (χ4n) is 3.30. The number of pyridine rings is 1. The van der Waals surface area contributed by atoms with Crippen LogP contribution in [0.3, 0.4) is 0 Å². The quantitative estimate of drug-likeness (QED) is 0.533. The molecule has 3 rings (SSSR count). The van der Waals surface area contributed by atoms with Crippen LogP contribution in [0.4, 0.5) is 0 Å². The lowest BCUT2D eigenvalue weighted by Crippen LogP contribution is -2.05. The monoisotopic (exact) mass is 337 g/mol. The Hall–Kier alpha value is -2.19. The molecule has 0 aliphatic heterocycles. The van der Waals surface area contributed by atoms with Gasteiger partial charge in [-0.15, -0.1) is 0 Å². The molecule has 0 spiro atoms. The van der Waals surface area contributed by atoms with Crippen molar-refractivity contribution < 1.29 is 4.79 Å². The summed E-state index contributed by atoms with van der Waals surface area (Å²) >= 11 is 6.15. The highest BCUT2D eigenvalue weighted by Gasteiger charge is 2.20. The van der Waals surface area contributed by atoms with E-state index in [4.69, 9.17) is 11.6 Å². The molecule has 1 aromatic heterocycles. The van der Waals surface area contributed by atoms with Gasteiger partial charge in [-0.05, 0) is 43.0 Å². The molecular weight excluding hydrogens is 318 g/mol. The number of ketones is 1. The average Bonchev–Trinajstić information content (AvgIpc) is 2.52. The molecule has 0 bridgehead atoms. The van der Waals surface area contributed by atoms with Crippen LogP contribution >= 0.6 is 11.6 Å². The maximum Gasteiger partial charge on any atom is 0.162 e. The van der Waals surface area contributed by atoms with E-state index in [1.807, 2.05) is 37.3 Å². The molecule has 0 aliphatic carbocycles. The second kappa shape index (κ2) is 6.37. The summed E-state index contributed by atoms with van der Waals surface area (Å²) in [5.41, 5.74) is 5.53. The molecule has 122 valence electrons. The van der Waals surface area contributed by atoms with Crippen molar-refractivity contribution >= 4 is 28.3 Å². The Balaban J connectivity index is 2.50. The van der Waals surface area contributed by atoms with E-state index in [1.165, 1.54) is 5.56 Å². The number of Topliss-reactive ketones (excluding diaryl/α,β-unsaturated/α-hetero) is 1. The minimum Gasteiger partial charge on any atom is -0.294 e. The fraction of sp³-hybridized carbons (Fsp3) is 0.238. The van der Waals surface area contributed by atoms with Crippen molar-refractivity contribution in [2.45, 2.75) is 33.6 Å². The lowest BCUT2D eigenvalue weighted by Gasteiger charge is -2.18. The first-order chi connectivity index (χ1) is 11.4. The summed E-state index contributed by atoms with van der Waals surface area (Å²) in [5, 5.41) is 1.61. The normalized spacial score (nSPS) is 11.2. The summed E-state index contributed by atoms with van der Waals surface area (Å²) in [5.74, 6) is 0.391. The van der Waals surface area contributed by atoms with Gasteiger partial charge in [0.05, 0.1) is 5.52 Å². The van der Waals surface area contributed by atoms with Gasteiger partial charge in [0.1, 0.15) is 0 Å². The van der Waals surface area contributed by atoms with Crippen LogP contribution in [0, 0.1) is 6.92 Å². The number of hydrogen-bond donors (Lipinski definition) is 0. The Labute approximate surface area is 147 Å². The van der Waals surface area contributed by atoms with Crippen molar-refractivity contribution in [1.29, 1.82) is 0 Å². The van der Waals surface area contributed by atoms with Crippen molar-refractivity contribution in [2.75, 3.05) is 0 Å². The van der Waals surface area contributed by atoms with Gasteiger partial charge < -0.3 is 0 Å². The molecule has 0 N–H and O–H groups in total. The predicted octanol–water partition coefficient (Wildman–Crippen LogP) is 6.19. The summed E-state index contributed by atoms with van der Waals surface area (Å²) in [6.45, 7) is 7.82. The Morgan fingerprint density at radius 2 is 1.83 bits per heavy atom. The van der Waals surface area contributed by atoms with Gasteiger partial charge in [0.15, 0.2) is 5.78 Å². The van der Waals surface area contributed by atoms with Crippen LogP contribution < -0.4 is 0 Å². The lowest BCUT2D eigenvalue weighted by molar-refractivity contribution is 0.101. The van der Waals surface area contributed by atoms with Crippen LogP contribution in [0.25, 0.3) is 22.0 Å². The van der Waals surface area contributed by atoms with Gasteiger partial charge in [-0.25, -0.2) is 0 Å². The summed E-state index contributed by atoms with van der Waals surface area (Å²) in [6.07, 6.45) is 0. The van der Waals surface area contributed by atoms with E-state index in [0.29, 0.717) is 16.5 Å². The highest BCUT2D eigenvalue weighted by atomic mass is 35.5. The number of carbonyl (C=O) groups excluding carboxylic acids is 1. The molecule has 0 saturated heterocycles. The van der Waals surface area contributed by atoms with E-state index < -0.39 is 0 Å². The van der Waals surface area contributed by atoms with E-state index in [1.54, 1.807) is 6.92 Å². The largest absolute Gasteiger partial charge is 0.294 e. The number of benzene rings is 2. The predicted molar refractivity (Wildman–Crippen MR) is 101 cm³/mol. The van der Waals surface area contributed by atoms with Gasteiger partial charge in [-0.2, -0.15) is 0 Å². The summed E-state index contributed by atoms with van der Waals surface area (Å²) in [6, 6.07) is 13.9. The molecule has 0 unspecified atom stereocenters. The number of aromatic nitrogens is 1. The van der Waals surface area contributed by atoms with Gasteiger partial charge in [0.25, 0.3) is 0 Å². The maximum atomic E-state index is 12.4. The zero-order chi connectivity index (χ0) is 17.4. The first kappa shape index (κ1) is 16.7. The number of fused-ring (bicyclic) bond motifs is 1. The Morgan fingerprint density at radius 1 is 1.12 bits per heavy atom. The summed E-state index contributed by atoms with van der Waals surface area (Å²) in [7, 11) is 0. The molecule has 1 heterocycles. The molecule has 2 aromatic carbocycles. The number of nitrogens with zero attached hydrogens (tertiary/aromatic N) is 1. The zero-order valence-corrected chi connectivity index (χ0v) is 15.1. The standard InChI is InChI=1S/C21H20ClNO/c1-12(2)16-7-5-6-8-17(16)21-18-10-9-15(22)11-19(18)23-13(3)20(21)14(4)24/h5-12H,1-4H3. The van der Waals surface area contributed by atoms with Crippen molar-refractivity contribution in [3.8, 4) is 11.1 Å². The number of rotatable bonds is 3. The van der Waals surface area contributed by atoms with E-state index in [0.717, 1.165) is 27.7 Å². The first-order valence-corrected chi connectivity index (χ1v) is 8.48. The van der Waals surface area contributed by atoms with Crippen LogP contribution in [-0.4, -0.2) is 10.8 Å². The molecule has 0 atom stereocenters. The average molecular weight is 338 g/mol. The molecule has 24 heavy (non-hydrogen) atoms. The molecule has 0 fully saturated rings. The van der Waals surface area contributed by atoms with Crippen molar-refractivity contribution in [1.82, 2.24) is 4.98 Å². The SMILES string of the molecule is CC(=O)c1c(C)nc2cc(Cl)ccc2c1-c1ccccc1C(C)C. The summed E-state index contributed by atoms with van der Waals surface area (Å²) < 4.78 is 0. The summed E-state index contributed by atoms with van der Waals surface area (Å²) in [4.78, 5) is 17.0. The highest BCUT2D eigenvalue weighted by molar-refractivity contribution is 6.31. The molecule has 3 heteroatoms. The van der Waals surface area contributed by atoms with Gasteiger partial charge in [-0.3, -0.25) is 9.78 Å². The Morgan fingerprint density at radius 3 is 2.50 bits per heavy atom. The second-order valence-electron chi connectivity index (χ2n) is 6.41. The second-order valence-corrected chi connectivity index (χ2v) is 6.84. The zero-order valence-electron chi connectivity index (χ0n) is 14.4. The van der Waals surface area contributed by atoms with Crippen LogP contribution in [-0.2, 0) is 0 Å². The van der Waals surface area contributed by atoms with Gasteiger partial charge in [0, 0.05) is 27.2 Å². The van der Waals surface area contributed by atoms with Crippen LogP contribution in [0.2, 0.25) is 5.02 Å². The number of aryl methyl sites for hydroxylation is 1. The number of halogens is 1. The molecule has 2 nitrogen and oxygen atoms in total. The van der Waals surface area contributed by atoms with Gasteiger partial charge in [-0.1, -0.05) is 55.8 Å². The minimum absolute atomic E-state index is 0.0328. The number of carbonyl (C=O) groups is 1. The van der Waals surface area contributed by atoms with Crippen molar-refractivity contribution in [3.63, 3.8) is 0 Å². The molecule has 0 amide bonds. The maximum absolute atomic E-state index is 12.4. The third-order valence-corrected chi connectivity index (χ3v) is 4.57. The smallest absolute Gasteiger partial charge is 0.162 e. The molecule has 3 aromatic rings. The Kier molecular flexibility index (Phi) is 4.42.